The zero-order chi connectivity index (χ0) is 19.8. The van der Waals surface area contributed by atoms with Crippen molar-refractivity contribution in [3.05, 3.63) is 46.5 Å². The van der Waals surface area contributed by atoms with E-state index in [0.717, 1.165) is 37.4 Å². The lowest BCUT2D eigenvalue weighted by Gasteiger charge is -2.44. The van der Waals surface area contributed by atoms with Gasteiger partial charge < -0.3 is 10.0 Å². The number of carbonyl (C=O) groups excluding carboxylic acids is 2. The van der Waals surface area contributed by atoms with E-state index in [2.05, 4.69) is 41.8 Å². The first kappa shape index (κ1) is 20.0. The highest BCUT2D eigenvalue weighted by molar-refractivity contribution is 8.04. The molecule has 7 heteroatoms. The molecule has 0 aliphatic carbocycles. The molecule has 4 atom stereocenters. The van der Waals surface area contributed by atoms with Crippen molar-refractivity contribution in [2.75, 3.05) is 19.6 Å². The maximum atomic E-state index is 12.6. The Hall–Kier alpha value is -1.28. The maximum Gasteiger partial charge on any atom is 0.236 e. The molecule has 5 nitrogen and oxygen atoms in total. The van der Waals surface area contributed by atoms with Crippen LogP contribution in [0.15, 0.2) is 40.9 Å². The monoisotopic (exact) mass is 418 g/mol. The summed E-state index contributed by atoms with van der Waals surface area (Å²) in [6.07, 6.45) is 1.88. The molecular formula is C21H26N2O3S2. The second kappa shape index (κ2) is 8.22. The van der Waals surface area contributed by atoms with Crippen molar-refractivity contribution in [3.8, 4) is 0 Å². The van der Waals surface area contributed by atoms with Gasteiger partial charge in [-0.05, 0) is 31.4 Å². The van der Waals surface area contributed by atoms with Gasteiger partial charge in [0, 0.05) is 23.9 Å². The normalized spacial score (nSPS) is 28.5. The van der Waals surface area contributed by atoms with E-state index in [4.69, 9.17) is 0 Å². The molecule has 28 heavy (non-hydrogen) atoms. The van der Waals surface area contributed by atoms with Gasteiger partial charge in [-0.1, -0.05) is 49.9 Å². The number of hydrogen-bond donors (Lipinski definition) is 2. The molecule has 3 aliphatic rings. The Labute approximate surface area is 175 Å². The fraction of sp³-hybridized carbons (Fsp3) is 0.524. The van der Waals surface area contributed by atoms with E-state index in [1.165, 1.54) is 5.56 Å². The predicted octanol–water partition coefficient (Wildman–Crippen LogP) is 2.52. The van der Waals surface area contributed by atoms with E-state index in [1.807, 2.05) is 13.0 Å². The molecule has 1 amide bonds. The fourth-order valence-corrected chi connectivity index (χ4v) is 6.45. The number of carbonyl (C=O) groups is 2. The van der Waals surface area contributed by atoms with Crippen LogP contribution in [0.3, 0.4) is 0 Å². The molecule has 0 bridgehead atoms. The number of nitrogens with zero attached hydrogens (tertiary/aromatic N) is 2. The number of aliphatic hydroxyl groups is 1. The highest BCUT2D eigenvalue weighted by atomic mass is 32.2. The second-order valence-electron chi connectivity index (χ2n) is 7.76. The van der Waals surface area contributed by atoms with Crippen molar-refractivity contribution in [2.24, 2.45) is 11.8 Å². The molecule has 0 radical (unpaired) electrons. The van der Waals surface area contributed by atoms with E-state index in [1.54, 1.807) is 16.7 Å². The molecule has 1 aromatic carbocycles. The van der Waals surface area contributed by atoms with E-state index >= 15 is 0 Å². The Balaban J connectivity index is 1.44. The second-order valence-corrected chi connectivity index (χ2v) is 9.32. The van der Waals surface area contributed by atoms with Crippen molar-refractivity contribution in [1.29, 1.82) is 0 Å². The zero-order valence-electron chi connectivity index (χ0n) is 16.0. The molecule has 2 fully saturated rings. The Bertz CT molecular complexity index is 798. The molecule has 0 spiro atoms. The minimum absolute atomic E-state index is 0.141. The van der Waals surface area contributed by atoms with Gasteiger partial charge in [-0.25, -0.2) is 0 Å². The van der Waals surface area contributed by atoms with Crippen molar-refractivity contribution in [2.45, 2.75) is 37.7 Å². The van der Waals surface area contributed by atoms with Crippen LogP contribution in [0.5, 0.6) is 0 Å². The van der Waals surface area contributed by atoms with E-state index in [-0.39, 0.29) is 22.3 Å². The molecule has 150 valence electrons. The lowest BCUT2D eigenvalue weighted by Crippen LogP contribution is -2.61. The highest BCUT2D eigenvalue weighted by Gasteiger charge is 2.58. The topological polar surface area (TPSA) is 60.9 Å². The van der Waals surface area contributed by atoms with Gasteiger partial charge in [0.05, 0.1) is 12.0 Å². The summed E-state index contributed by atoms with van der Waals surface area (Å²) in [5.74, 6) is -0.298. The summed E-state index contributed by atoms with van der Waals surface area (Å²) < 4.78 is 0. The van der Waals surface area contributed by atoms with Gasteiger partial charge in [0.2, 0.25) is 11.0 Å². The van der Waals surface area contributed by atoms with Crippen LogP contribution in [0.2, 0.25) is 0 Å². The van der Waals surface area contributed by atoms with Crippen LogP contribution in [0.4, 0.5) is 0 Å². The van der Waals surface area contributed by atoms with Crippen molar-refractivity contribution < 1.29 is 14.7 Å². The molecule has 2 saturated heterocycles. The van der Waals surface area contributed by atoms with Gasteiger partial charge in [0.25, 0.3) is 0 Å². The molecule has 1 unspecified atom stereocenters. The first-order valence-corrected chi connectivity index (χ1v) is 11.3. The third-order valence-corrected chi connectivity index (χ3v) is 7.78. The highest BCUT2D eigenvalue weighted by Crippen LogP contribution is 2.54. The largest absolute Gasteiger partial charge is 0.392 e. The lowest BCUT2D eigenvalue weighted by molar-refractivity contribution is -0.154. The lowest BCUT2D eigenvalue weighted by atomic mass is 9.89. The third-order valence-electron chi connectivity index (χ3n) is 6.04. The average Bonchev–Trinajstić information content (AvgIpc) is 3.29. The Morgan fingerprint density at radius 3 is 2.79 bits per heavy atom. The standard InChI is InChI=1S/C21H26N2O3S2/c1-2-15(24)16-19(25)23-17(21(26)27)18(28-20(16)23)14-9-11-22(12-14)10-8-13-6-4-3-5-7-13/h3-7,14-16,20,24H,2,8-12H2,1H3,(H,26,27)/t14?,15-,16+,20+/m0/s1. The molecular weight excluding hydrogens is 392 g/mol. The summed E-state index contributed by atoms with van der Waals surface area (Å²) in [7, 11) is 0. The molecule has 1 N–H and O–H groups in total. The molecule has 3 heterocycles. The zero-order valence-corrected chi connectivity index (χ0v) is 17.7. The summed E-state index contributed by atoms with van der Waals surface area (Å²) in [6.45, 7) is 4.76. The van der Waals surface area contributed by atoms with Gasteiger partial charge in [0.1, 0.15) is 11.1 Å². The first-order chi connectivity index (χ1) is 13.5. The van der Waals surface area contributed by atoms with Gasteiger partial charge in [-0.15, -0.1) is 11.8 Å². The van der Waals surface area contributed by atoms with E-state index in [0.29, 0.717) is 12.1 Å². The number of likely N-dealkylation sites (tertiary alicyclic amines) is 1. The maximum absolute atomic E-state index is 12.6. The molecule has 0 saturated carbocycles. The number of benzene rings is 1. The smallest absolute Gasteiger partial charge is 0.236 e. The van der Waals surface area contributed by atoms with Crippen molar-refractivity contribution >= 4 is 35.4 Å². The van der Waals surface area contributed by atoms with Crippen LogP contribution >= 0.6 is 24.4 Å². The van der Waals surface area contributed by atoms with E-state index in [9.17, 15) is 14.7 Å². The average molecular weight is 419 g/mol. The molecule has 1 aromatic rings. The molecule has 3 aliphatic heterocycles. The minimum Gasteiger partial charge on any atom is -0.392 e. The van der Waals surface area contributed by atoms with Gasteiger partial charge in [0.15, 0.2) is 0 Å². The van der Waals surface area contributed by atoms with Crippen molar-refractivity contribution in [1.82, 2.24) is 9.80 Å². The number of amides is 1. The van der Waals surface area contributed by atoms with Crippen molar-refractivity contribution in [3.63, 3.8) is 0 Å². The van der Waals surface area contributed by atoms with E-state index < -0.39 is 12.0 Å². The summed E-state index contributed by atoms with van der Waals surface area (Å²) in [6, 6.07) is 10.5. The van der Waals surface area contributed by atoms with Crippen LogP contribution in [0, 0.1) is 11.8 Å². The van der Waals surface area contributed by atoms with Crippen LogP contribution < -0.4 is 0 Å². The number of aliphatic hydroxyl groups excluding tert-OH is 1. The number of β-lactam (4-membered cyclic amide) rings is 1. The number of thiol groups is 1. The van der Waals surface area contributed by atoms with Crippen LogP contribution in [-0.4, -0.2) is 57.0 Å². The minimum atomic E-state index is -0.650. The third kappa shape index (κ3) is 3.54. The Morgan fingerprint density at radius 1 is 1.36 bits per heavy atom. The Morgan fingerprint density at radius 2 is 2.11 bits per heavy atom. The summed E-state index contributed by atoms with van der Waals surface area (Å²) in [4.78, 5) is 29.8. The molecule has 4 rings (SSSR count). The number of thioether (sulfide) groups is 1. The Kier molecular flexibility index (Phi) is 5.88. The van der Waals surface area contributed by atoms with Crippen LogP contribution in [0.25, 0.3) is 0 Å². The summed E-state index contributed by atoms with van der Waals surface area (Å²) in [5.41, 5.74) is 1.79. The van der Waals surface area contributed by atoms with Gasteiger partial charge in [-0.3, -0.25) is 14.5 Å². The first-order valence-electron chi connectivity index (χ1n) is 9.92. The quantitative estimate of drug-likeness (QED) is 0.526. The molecule has 0 aromatic heterocycles. The SMILES string of the molecule is CC[C@H](O)[C@@H]1C(=O)N2C(C(=O)S)=C(C3CCN(CCc4ccccc4)C3)S[C@H]12. The fourth-order valence-electron chi connectivity index (χ4n) is 4.44. The number of hydrogen-bond acceptors (Lipinski definition) is 5. The van der Waals surface area contributed by atoms with Gasteiger partial charge >= 0.3 is 0 Å². The van der Waals surface area contributed by atoms with Crippen LogP contribution in [0.1, 0.15) is 25.3 Å². The van der Waals surface area contributed by atoms with Crippen LogP contribution in [-0.2, 0) is 16.0 Å². The summed E-state index contributed by atoms with van der Waals surface area (Å²) >= 11 is 5.65. The van der Waals surface area contributed by atoms with Gasteiger partial charge in [-0.2, -0.15) is 0 Å². The summed E-state index contributed by atoms with van der Waals surface area (Å²) in [5, 5.41) is 9.71. The predicted molar refractivity (Wildman–Crippen MR) is 114 cm³/mol. The number of fused-ring (bicyclic) bond motifs is 1. The number of rotatable bonds is 7.